The van der Waals surface area contributed by atoms with Crippen LogP contribution in [0.5, 0.6) is 0 Å². The van der Waals surface area contributed by atoms with E-state index in [4.69, 9.17) is 5.73 Å². The van der Waals surface area contributed by atoms with Gasteiger partial charge in [-0.05, 0) is 51.6 Å². The first-order valence-electron chi connectivity index (χ1n) is 7.74. The molecule has 2 aliphatic heterocycles. The summed E-state index contributed by atoms with van der Waals surface area (Å²) in [6.45, 7) is 15.1. The van der Waals surface area contributed by atoms with Gasteiger partial charge in [0.1, 0.15) is 0 Å². The summed E-state index contributed by atoms with van der Waals surface area (Å²) in [6, 6.07) is 0.796. The summed E-state index contributed by atoms with van der Waals surface area (Å²) in [5, 5.41) is 6.42. The number of hydrogen-bond acceptors (Lipinski definition) is 3. The molecular weight excluding hydrogens is 222 g/mol. The van der Waals surface area contributed by atoms with Crippen LogP contribution in [0.2, 0.25) is 0 Å². The predicted molar refractivity (Wildman–Crippen MR) is 83.8 cm³/mol. The molecule has 0 radical (unpaired) electrons. The Labute approximate surface area is 115 Å². The lowest BCUT2D eigenvalue weighted by Gasteiger charge is -1.95. The molecule has 0 aliphatic carbocycles. The third-order valence-electron chi connectivity index (χ3n) is 2.41. The Kier molecular flexibility index (Phi) is 16.8. The standard InChI is InChI=1S/C5H11N.C4H10N2.C4H10.C2H6/c1-5-3-2-4-6-5;5-4-2-1-3-6-4;1-4(2)3;1-2/h5-6H,2-4H2,1H3;4,6H,1-3,5H2;4H,1-3H3;1-2H3. The topological polar surface area (TPSA) is 50.1 Å². The predicted octanol–water partition coefficient (Wildman–Crippen LogP) is 3.10. The normalized spacial score (nSPS) is 25.3. The second-order valence-electron chi connectivity index (χ2n) is 5.43. The first-order valence-corrected chi connectivity index (χ1v) is 7.74. The maximum atomic E-state index is 5.42. The van der Waals surface area contributed by atoms with Crippen LogP contribution in [0.3, 0.4) is 0 Å². The summed E-state index contributed by atoms with van der Waals surface area (Å²) < 4.78 is 0. The van der Waals surface area contributed by atoms with Gasteiger partial charge in [-0.2, -0.15) is 0 Å². The summed E-state index contributed by atoms with van der Waals surface area (Å²) in [4.78, 5) is 0. The molecule has 0 aromatic heterocycles. The first-order chi connectivity index (χ1) is 8.52. The highest BCUT2D eigenvalue weighted by molar-refractivity contribution is 4.67. The molecule has 2 heterocycles. The Hall–Kier alpha value is -0.120. The number of hydrogen-bond donors (Lipinski definition) is 3. The van der Waals surface area contributed by atoms with Crippen LogP contribution < -0.4 is 16.4 Å². The minimum absolute atomic E-state index is 0.296. The number of rotatable bonds is 0. The highest BCUT2D eigenvalue weighted by Gasteiger charge is 2.06. The summed E-state index contributed by atoms with van der Waals surface area (Å²) in [7, 11) is 0. The Balaban J connectivity index is 0. The van der Waals surface area contributed by atoms with Crippen LogP contribution in [0.1, 0.15) is 67.2 Å². The van der Waals surface area contributed by atoms with Gasteiger partial charge in [-0.25, -0.2) is 0 Å². The third-order valence-corrected chi connectivity index (χ3v) is 2.41. The van der Waals surface area contributed by atoms with Crippen LogP contribution in [0, 0.1) is 5.92 Å². The fourth-order valence-corrected chi connectivity index (χ4v) is 1.57. The van der Waals surface area contributed by atoms with E-state index in [0.29, 0.717) is 6.17 Å². The van der Waals surface area contributed by atoms with Crippen LogP contribution in [0.4, 0.5) is 0 Å². The van der Waals surface area contributed by atoms with Crippen molar-refractivity contribution in [3.05, 3.63) is 0 Å². The van der Waals surface area contributed by atoms with Crippen LogP contribution in [0.15, 0.2) is 0 Å². The number of nitrogens with two attached hydrogens (primary N) is 1. The zero-order valence-corrected chi connectivity index (χ0v) is 13.6. The first kappa shape index (κ1) is 20.2. The minimum atomic E-state index is 0.296. The van der Waals surface area contributed by atoms with E-state index >= 15 is 0 Å². The molecule has 0 spiro atoms. The van der Waals surface area contributed by atoms with E-state index in [0.717, 1.165) is 24.9 Å². The van der Waals surface area contributed by atoms with Crippen LogP contribution in [0.25, 0.3) is 0 Å². The van der Waals surface area contributed by atoms with Gasteiger partial charge in [0.2, 0.25) is 0 Å². The molecule has 2 aliphatic rings. The van der Waals surface area contributed by atoms with E-state index in [1.807, 2.05) is 13.8 Å². The minimum Gasteiger partial charge on any atom is -0.316 e. The monoisotopic (exact) mass is 259 g/mol. The van der Waals surface area contributed by atoms with Gasteiger partial charge in [-0.3, -0.25) is 0 Å². The van der Waals surface area contributed by atoms with Gasteiger partial charge in [0.25, 0.3) is 0 Å². The molecule has 0 amide bonds. The maximum absolute atomic E-state index is 5.42. The van der Waals surface area contributed by atoms with Gasteiger partial charge < -0.3 is 16.4 Å². The SMILES string of the molecule is CC.CC(C)C.CC1CCCN1.NC1CCCN1. The van der Waals surface area contributed by atoms with Gasteiger partial charge in [0, 0.05) is 6.04 Å². The molecular formula is C15H37N3. The lowest BCUT2D eigenvalue weighted by molar-refractivity contribution is 0.634. The van der Waals surface area contributed by atoms with Crippen molar-refractivity contribution < 1.29 is 0 Å². The van der Waals surface area contributed by atoms with Crippen molar-refractivity contribution in [2.24, 2.45) is 11.7 Å². The van der Waals surface area contributed by atoms with E-state index in [9.17, 15) is 0 Å². The molecule has 0 saturated carbocycles. The van der Waals surface area contributed by atoms with Crippen LogP contribution >= 0.6 is 0 Å². The van der Waals surface area contributed by atoms with Gasteiger partial charge in [0.15, 0.2) is 0 Å². The van der Waals surface area contributed by atoms with Gasteiger partial charge in [-0.1, -0.05) is 34.6 Å². The molecule has 0 bridgehead atoms. The van der Waals surface area contributed by atoms with Crippen molar-refractivity contribution in [1.82, 2.24) is 10.6 Å². The lowest BCUT2D eigenvalue weighted by Crippen LogP contribution is -2.30. The lowest BCUT2D eigenvalue weighted by atomic mass is 10.3. The molecule has 4 N–H and O–H groups in total. The molecule has 112 valence electrons. The van der Waals surface area contributed by atoms with Gasteiger partial charge in [0.05, 0.1) is 6.17 Å². The van der Waals surface area contributed by atoms with Gasteiger partial charge in [-0.15, -0.1) is 0 Å². The fraction of sp³-hybridized carbons (Fsp3) is 1.00. The second kappa shape index (κ2) is 14.9. The summed E-state index contributed by atoms with van der Waals surface area (Å²) in [6.07, 6.45) is 5.45. The van der Waals surface area contributed by atoms with E-state index in [-0.39, 0.29) is 0 Å². The Bertz CT molecular complexity index is 120. The van der Waals surface area contributed by atoms with E-state index in [1.54, 1.807) is 0 Å². The smallest absolute Gasteiger partial charge is 0.0546 e. The van der Waals surface area contributed by atoms with Crippen LogP contribution in [-0.2, 0) is 0 Å². The molecule has 18 heavy (non-hydrogen) atoms. The maximum Gasteiger partial charge on any atom is 0.0546 e. The summed E-state index contributed by atoms with van der Waals surface area (Å²) in [5.41, 5.74) is 5.42. The molecule has 2 atom stereocenters. The molecule has 0 aromatic carbocycles. The van der Waals surface area contributed by atoms with E-state index < -0.39 is 0 Å². The van der Waals surface area contributed by atoms with Crippen molar-refractivity contribution in [3.8, 4) is 0 Å². The van der Waals surface area contributed by atoms with E-state index in [1.165, 1.54) is 25.8 Å². The summed E-state index contributed by atoms with van der Waals surface area (Å²) in [5.74, 6) is 0.833. The molecule has 2 fully saturated rings. The zero-order chi connectivity index (χ0) is 14.4. The van der Waals surface area contributed by atoms with Crippen LogP contribution in [-0.4, -0.2) is 25.3 Å². The highest BCUT2D eigenvalue weighted by Crippen LogP contribution is 2.01. The Morgan fingerprint density at radius 1 is 0.944 bits per heavy atom. The fourth-order valence-electron chi connectivity index (χ4n) is 1.57. The van der Waals surface area contributed by atoms with Crippen molar-refractivity contribution in [2.45, 2.75) is 79.4 Å². The average Bonchev–Trinajstić information content (AvgIpc) is 2.95. The van der Waals surface area contributed by atoms with Gasteiger partial charge >= 0.3 is 0 Å². The zero-order valence-electron chi connectivity index (χ0n) is 13.6. The third kappa shape index (κ3) is 18.3. The molecule has 0 aromatic rings. The molecule has 2 rings (SSSR count). The van der Waals surface area contributed by atoms with Crippen molar-refractivity contribution >= 4 is 0 Å². The number of nitrogens with one attached hydrogen (secondary N) is 2. The van der Waals surface area contributed by atoms with Crippen molar-refractivity contribution in [1.29, 1.82) is 0 Å². The Morgan fingerprint density at radius 3 is 1.50 bits per heavy atom. The molecule has 2 unspecified atom stereocenters. The van der Waals surface area contributed by atoms with Crippen molar-refractivity contribution in [3.63, 3.8) is 0 Å². The Morgan fingerprint density at radius 2 is 1.39 bits per heavy atom. The quantitative estimate of drug-likeness (QED) is 0.626. The van der Waals surface area contributed by atoms with E-state index in [2.05, 4.69) is 38.3 Å². The molecule has 2 saturated heterocycles. The highest BCUT2D eigenvalue weighted by atomic mass is 15.0. The molecule has 3 heteroatoms. The average molecular weight is 259 g/mol. The molecule has 3 nitrogen and oxygen atoms in total. The summed E-state index contributed by atoms with van der Waals surface area (Å²) >= 11 is 0. The largest absolute Gasteiger partial charge is 0.316 e. The second-order valence-corrected chi connectivity index (χ2v) is 5.43. The van der Waals surface area contributed by atoms with Crippen molar-refractivity contribution in [2.75, 3.05) is 13.1 Å².